The number of ether oxygens (including phenoxy) is 4. The SMILES string of the molecule is CC[C@@H](C)[C@@H](NC(=O)COCc1ccccc1)c1nc(-c2cc(OC)c(OC)c(OC)c2)no1. The number of hydrogen-bond acceptors (Lipinski definition) is 8. The molecule has 0 aliphatic rings. The van der Waals surface area contributed by atoms with E-state index in [0.29, 0.717) is 41.1 Å². The number of aromatic nitrogens is 2. The number of methoxy groups -OCH3 is 3. The molecule has 182 valence electrons. The highest BCUT2D eigenvalue weighted by Gasteiger charge is 2.27. The van der Waals surface area contributed by atoms with Crippen LogP contribution in [-0.4, -0.2) is 44.0 Å². The number of carbonyl (C=O) groups is 1. The summed E-state index contributed by atoms with van der Waals surface area (Å²) in [5, 5.41) is 7.09. The summed E-state index contributed by atoms with van der Waals surface area (Å²) in [5.74, 6) is 1.89. The predicted octanol–water partition coefficient (Wildman–Crippen LogP) is 4.18. The van der Waals surface area contributed by atoms with Crippen LogP contribution in [0.4, 0.5) is 0 Å². The molecule has 3 aromatic rings. The number of carbonyl (C=O) groups excluding carboxylic acids is 1. The average molecular weight is 470 g/mol. The summed E-state index contributed by atoms with van der Waals surface area (Å²) in [6.07, 6.45) is 0.803. The van der Waals surface area contributed by atoms with Gasteiger partial charge in [-0.1, -0.05) is 55.8 Å². The average Bonchev–Trinajstić information content (AvgIpc) is 3.36. The minimum atomic E-state index is -0.457. The van der Waals surface area contributed by atoms with Crippen LogP contribution in [0.15, 0.2) is 47.0 Å². The van der Waals surface area contributed by atoms with Crippen LogP contribution in [0.5, 0.6) is 17.2 Å². The largest absolute Gasteiger partial charge is 0.493 e. The molecule has 3 rings (SSSR count). The highest BCUT2D eigenvalue weighted by Crippen LogP contribution is 2.40. The molecule has 0 saturated heterocycles. The Hall–Kier alpha value is -3.59. The molecule has 9 nitrogen and oxygen atoms in total. The molecule has 0 saturated carbocycles. The Kier molecular flexibility index (Phi) is 8.86. The molecule has 1 N–H and O–H groups in total. The fourth-order valence-corrected chi connectivity index (χ4v) is 3.42. The zero-order valence-electron chi connectivity index (χ0n) is 20.2. The van der Waals surface area contributed by atoms with Crippen LogP contribution in [0.1, 0.15) is 37.8 Å². The molecule has 0 fully saturated rings. The Balaban J connectivity index is 1.75. The van der Waals surface area contributed by atoms with Gasteiger partial charge in [0.25, 0.3) is 0 Å². The summed E-state index contributed by atoms with van der Waals surface area (Å²) in [4.78, 5) is 17.1. The van der Waals surface area contributed by atoms with Crippen LogP contribution >= 0.6 is 0 Å². The second kappa shape index (κ2) is 12.0. The van der Waals surface area contributed by atoms with Gasteiger partial charge in [0.15, 0.2) is 11.5 Å². The lowest BCUT2D eigenvalue weighted by atomic mass is 9.99. The quantitative estimate of drug-likeness (QED) is 0.421. The Labute approximate surface area is 199 Å². The Morgan fingerprint density at radius 2 is 1.74 bits per heavy atom. The summed E-state index contributed by atoms with van der Waals surface area (Å²) in [7, 11) is 4.61. The van der Waals surface area contributed by atoms with Crippen molar-refractivity contribution in [2.45, 2.75) is 32.9 Å². The predicted molar refractivity (Wildman–Crippen MR) is 126 cm³/mol. The Morgan fingerprint density at radius 3 is 2.32 bits per heavy atom. The van der Waals surface area contributed by atoms with Crippen molar-refractivity contribution in [2.75, 3.05) is 27.9 Å². The molecule has 2 atom stereocenters. The van der Waals surface area contributed by atoms with Gasteiger partial charge in [-0.3, -0.25) is 4.79 Å². The molecule has 0 aliphatic carbocycles. The van der Waals surface area contributed by atoms with E-state index in [0.717, 1.165) is 12.0 Å². The molecular formula is C25H31N3O6. The van der Waals surface area contributed by atoms with E-state index >= 15 is 0 Å². The van der Waals surface area contributed by atoms with Gasteiger partial charge >= 0.3 is 0 Å². The maximum absolute atomic E-state index is 12.6. The molecule has 1 heterocycles. The van der Waals surface area contributed by atoms with Crippen LogP contribution < -0.4 is 19.5 Å². The van der Waals surface area contributed by atoms with E-state index in [1.807, 2.05) is 44.2 Å². The lowest BCUT2D eigenvalue weighted by Crippen LogP contribution is -2.35. The molecule has 34 heavy (non-hydrogen) atoms. The maximum atomic E-state index is 12.6. The van der Waals surface area contributed by atoms with Crippen molar-refractivity contribution in [3.63, 3.8) is 0 Å². The van der Waals surface area contributed by atoms with Gasteiger partial charge in [-0.25, -0.2) is 0 Å². The van der Waals surface area contributed by atoms with Crippen LogP contribution in [0.25, 0.3) is 11.4 Å². The van der Waals surface area contributed by atoms with E-state index < -0.39 is 6.04 Å². The third kappa shape index (κ3) is 6.05. The van der Waals surface area contributed by atoms with Crippen LogP contribution in [0, 0.1) is 5.92 Å². The summed E-state index contributed by atoms with van der Waals surface area (Å²) in [6.45, 7) is 4.33. The number of amides is 1. The van der Waals surface area contributed by atoms with Crippen molar-refractivity contribution in [3.05, 3.63) is 53.9 Å². The smallest absolute Gasteiger partial charge is 0.249 e. The van der Waals surface area contributed by atoms with E-state index in [2.05, 4.69) is 15.5 Å². The van der Waals surface area contributed by atoms with Gasteiger partial charge in [-0.15, -0.1) is 0 Å². The number of nitrogens with one attached hydrogen (secondary N) is 1. The van der Waals surface area contributed by atoms with Gasteiger partial charge in [0.1, 0.15) is 12.6 Å². The van der Waals surface area contributed by atoms with Gasteiger partial charge in [-0.2, -0.15) is 4.98 Å². The van der Waals surface area contributed by atoms with E-state index in [-0.39, 0.29) is 18.4 Å². The minimum absolute atomic E-state index is 0.0614. The molecule has 0 bridgehead atoms. The molecule has 0 spiro atoms. The van der Waals surface area contributed by atoms with Crippen molar-refractivity contribution >= 4 is 5.91 Å². The zero-order valence-corrected chi connectivity index (χ0v) is 20.2. The summed E-state index contributed by atoms with van der Waals surface area (Å²) in [5.41, 5.74) is 1.63. The lowest BCUT2D eigenvalue weighted by Gasteiger charge is -2.20. The van der Waals surface area contributed by atoms with Crippen molar-refractivity contribution in [3.8, 4) is 28.6 Å². The molecular weight excluding hydrogens is 438 g/mol. The van der Waals surface area contributed by atoms with E-state index in [4.69, 9.17) is 23.5 Å². The van der Waals surface area contributed by atoms with E-state index in [1.165, 1.54) is 21.3 Å². The second-order valence-corrected chi connectivity index (χ2v) is 7.78. The molecule has 1 aromatic heterocycles. The number of benzene rings is 2. The van der Waals surface area contributed by atoms with Gasteiger partial charge in [0, 0.05) is 5.56 Å². The Morgan fingerprint density at radius 1 is 1.06 bits per heavy atom. The molecule has 1 amide bonds. The van der Waals surface area contributed by atoms with Gasteiger partial charge < -0.3 is 28.8 Å². The first-order valence-electron chi connectivity index (χ1n) is 11.1. The maximum Gasteiger partial charge on any atom is 0.249 e. The highest BCUT2D eigenvalue weighted by atomic mass is 16.5. The normalized spacial score (nSPS) is 12.6. The van der Waals surface area contributed by atoms with Gasteiger partial charge in [0.2, 0.25) is 23.4 Å². The minimum Gasteiger partial charge on any atom is -0.493 e. The molecule has 0 unspecified atom stereocenters. The molecule has 0 aliphatic heterocycles. The van der Waals surface area contributed by atoms with Crippen molar-refractivity contribution in [2.24, 2.45) is 5.92 Å². The van der Waals surface area contributed by atoms with Crippen LogP contribution in [0.2, 0.25) is 0 Å². The molecule has 9 heteroatoms. The van der Waals surface area contributed by atoms with Crippen LogP contribution in [-0.2, 0) is 16.1 Å². The van der Waals surface area contributed by atoms with E-state index in [9.17, 15) is 4.79 Å². The number of rotatable bonds is 12. The summed E-state index contributed by atoms with van der Waals surface area (Å²) in [6, 6.07) is 12.7. The molecule has 2 aromatic carbocycles. The third-order valence-electron chi connectivity index (χ3n) is 5.50. The second-order valence-electron chi connectivity index (χ2n) is 7.78. The fourth-order valence-electron chi connectivity index (χ4n) is 3.42. The molecule has 0 radical (unpaired) electrons. The topological polar surface area (TPSA) is 105 Å². The van der Waals surface area contributed by atoms with Gasteiger partial charge in [0.05, 0.1) is 27.9 Å². The summed E-state index contributed by atoms with van der Waals surface area (Å²) < 4.78 is 27.3. The fraction of sp³-hybridized carbons (Fsp3) is 0.400. The number of nitrogens with zero attached hydrogens (tertiary/aromatic N) is 2. The third-order valence-corrected chi connectivity index (χ3v) is 5.50. The Bertz CT molecular complexity index is 1040. The van der Waals surface area contributed by atoms with Gasteiger partial charge in [-0.05, 0) is 23.6 Å². The highest BCUT2D eigenvalue weighted by molar-refractivity contribution is 5.77. The summed E-state index contributed by atoms with van der Waals surface area (Å²) >= 11 is 0. The van der Waals surface area contributed by atoms with Crippen LogP contribution in [0.3, 0.4) is 0 Å². The first-order chi connectivity index (χ1) is 16.5. The lowest BCUT2D eigenvalue weighted by molar-refractivity contribution is -0.127. The monoisotopic (exact) mass is 469 g/mol. The first-order valence-corrected chi connectivity index (χ1v) is 11.1. The zero-order chi connectivity index (χ0) is 24.5. The standard InChI is InChI=1S/C25H31N3O6/c1-6-16(2)22(26-21(29)15-33-14-17-10-8-7-9-11-17)25-27-24(28-34-25)18-12-19(30-3)23(32-5)20(13-18)31-4/h7-13,16,22H,6,14-15H2,1-5H3,(H,26,29)/t16-,22-/m1/s1. The van der Waals surface area contributed by atoms with Crippen molar-refractivity contribution < 1.29 is 28.3 Å². The van der Waals surface area contributed by atoms with E-state index in [1.54, 1.807) is 12.1 Å². The number of hydrogen-bond donors (Lipinski definition) is 1. The first kappa shape index (κ1) is 25.0. The van der Waals surface area contributed by atoms with Crippen molar-refractivity contribution in [1.29, 1.82) is 0 Å². The van der Waals surface area contributed by atoms with Crippen molar-refractivity contribution in [1.82, 2.24) is 15.5 Å².